The molecule has 0 fully saturated rings. The first kappa shape index (κ1) is 21.9. The summed E-state index contributed by atoms with van der Waals surface area (Å²) in [5, 5.41) is 0. The van der Waals surface area contributed by atoms with Gasteiger partial charge in [-0.3, -0.25) is 0 Å². The summed E-state index contributed by atoms with van der Waals surface area (Å²) in [5.74, 6) is 2.25. The Kier molecular flexibility index (Phi) is 10.4. The first-order valence-electron chi connectivity index (χ1n) is 5.78. The molecule has 0 aliphatic heterocycles. The van der Waals surface area contributed by atoms with Gasteiger partial charge in [-0.1, -0.05) is 12.1 Å². The Balaban J connectivity index is 0. The fourth-order valence-electron chi connectivity index (χ4n) is 1.52. The standard InChI is InChI=1S/C15H17O2.2ClH.Ti/c1-15(2,3)17-14-11-7-6-10-13(14)16-12-8-4-5-9-12;;;/h4,6-8,10-11H,5H2,1-3H3;2*1H;/q-1;;;+3/p-2. The number of ether oxygens (including phenoxy) is 2. The largest absolute Gasteiger partial charge is 3.00 e. The van der Waals surface area contributed by atoms with Crippen LogP contribution in [0.25, 0.3) is 0 Å². The van der Waals surface area contributed by atoms with Gasteiger partial charge < -0.3 is 34.3 Å². The average molecular weight is 348 g/mol. The molecule has 20 heavy (non-hydrogen) atoms. The predicted octanol–water partition coefficient (Wildman–Crippen LogP) is -2.10. The number of halogens is 2. The molecule has 0 bridgehead atoms. The summed E-state index contributed by atoms with van der Waals surface area (Å²) in [6, 6.07) is 7.70. The zero-order chi connectivity index (χ0) is 12.3. The van der Waals surface area contributed by atoms with E-state index in [9.17, 15) is 0 Å². The molecule has 1 aromatic carbocycles. The minimum atomic E-state index is -0.233. The Bertz CT molecular complexity index is 465. The summed E-state index contributed by atoms with van der Waals surface area (Å²) < 4.78 is 11.6. The van der Waals surface area contributed by atoms with Gasteiger partial charge in [0.2, 0.25) is 0 Å². The SMILES string of the molecule is CC(C)(C)Oc1ccccc1OC1=[C-]CC=C1.[Cl-].[Cl-].[Ti+3]. The third-order valence-corrected chi connectivity index (χ3v) is 2.15. The zero-order valence-electron chi connectivity index (χ0n) is 11.7. The topological polar surface area (TPSA) is 18.5 Å². The van der Waals surface area contributed by atoms with E-state index in [1.807, 2.05) is 57.2 Å². The van der Waals surface area contributed by atoms with Crippen LogP contribution in [0.5, 0.6) is 11.5 Å². The smallest absolute Gasteiger partial charge is 1.00 e. The maximum atomic E-state index is 5.85. The van der Waals surface area contributed by atoms with E-state index in [1.165, 1.54) is 0 Å². The summed E-state index contributed by atoms with van der Waals surface area (Å²) in [6.07, 6.45) is 7.88. The quantitative estimate of drug-likeness (QED) is 0.460. The van der Waals surface area contributed by atoms with Gasteiger partial charge in [0.15, 0.2) is 11.5 Å². The summed E-state index contributed by atoms with van der Waals surface area (Å²) >= 11 is 0. The number of hydrogen-bond donors (Lipinski definition) is 0. The first-order chi connectivity index (χ1) is 8.04. The molecule has 0 atom stereocenters. The summed E-state index contributed by atoms with van der Waals surface area (Å²) in [4.78, 5) is 0. The molecule has 0 heterocycles. The summed E-state index contributed by atoms with van der Waals surface area (Å²) in [7, 11) is 0. The molecule has 2 nitrogen and oxygen atoms in total. The normalized spacial score (nSPS) is 12.4. The van der Waals surface area contributed by atoms with Crippen LogP contribution in [0, 0.1) is 6.08 Å². The Hall–Kier alpha value is -0.406. The van der Waals surface area contributed by atoms with E-state index < -0.39 is 0 Å². The van der Waals surface area contributed by atoms with Crippen molar-refractivity contribution in [1.82, 2.24) is 0 Å². The van der Waals surface area contributed by atoms with Crippen LogP contribution in [0.1, 0.15) is 27.2 Å². The maximum absolute atomic E-state index is 5.85. The molecule has 0 aromatic heterocycles. The van der Waals surface area contributed by atoms with Crippen molar-refractivity contribution in [2.75, 3.05) is 0 Å². The molecule has 5 heteroatoms. The van der Waals surface area contributed by atoms with Crippen molar-refractivity contribution >= 4 is 0 Å². The maximum Gasteiger partial charge on any atom is 3.00 e. The van der Waals surface area contributed by atoms with Gasteiger partial charge in [-0.05, 0) is 38.7 Å². The van der Waals surface area contributed by atoms with E-state index in [1.54, 1.807) is 0 Å². The molecule has 107 valence electrons. The van der Waals surface area contributed by atoms with E-state index in [2.05, 4.69) is 6.08 Å². The van der Waals surface area contributed by atoms with Gasteiger partial charge in [0, 0.05) is 0 Å². The monoisotopic (exact) mass is 347 g/mol. The van der Waals surface area contributed by atoms with E-state index in [0.717, 1.165) is 23.7 Å². The zero-order valence-corrected chi connectivity index (χ0v) is 14.8. The van der Waals surface area contributed by atoms with Crippen molar-refractivity contribution in [3.05, 3.63) is 48.3 Å². The minimum Gasteiger partial charge on any atom is -1.00 e. The Morgan fingerprint density at radius 2 is 1.65 bits per heavy atom. The van der Waals surface area contributed by atoms with Gasteiger partial charge in [0.05, 0.1) is 0 Å². The van der Waals surface area contributed by atoms with Crippen molar-refractivity contribution < 1.29 is 56.0 Å². The van der Waals surface area contributed by atoms with E-state index in [0.29, 0.717) is 0 Å². The first-order valence-corrected chi connectivity index (χ1v) is 5.78. The van der Waals surface area contributed by atoms with Crippen molar-refractivity contribution in [1.29, 1.82) is 0 Å². The van der Waals surface area contributed by atoms with E-state index in [4.69, 9.17) is 9.47 Å². The Morgan fingerprint density at radius 3 is 2.15 bits per heavy atom. The summed E-state index contributed by atoms with van der Waals surface area (Å²) in [5.41, 5.74) is -0.233. The predicted molar refractivity (Wildman–Crippen MR) is 68.0 cm³/mol. The Morgan fingerprint density at radius 1 is 1.05 bits per heavy atom. The van der Waals surface area contributed by atoms with Crippen molar-refractivity contribution in [3.8, 4) is 11.5 Å². The number of para-hydroxylation sites is 2. The van der Waals surface area contributed by atoms with Crippen LogP contribution in [0.2, 0.25) is 0 Å². The molecule has 1 aliphatic carbocycles. The minimum absolute atomic E-state index is 0. The third-order valence-electron chi connectivity index (χ3n) is 2.15. The molecule has 2 rings (SSSR count). The molecule has 0 N–H and O–H groups in total. The molecule has 1 aromatic rings. The summed E-state index contributed by atoms with van der Waals surface area (Å²) in [6.45, 7) is 6.06. The van der Waals surface area contributed by atoms with Crippen LogP contribution >= 0.6 is 0 Å². The molecule has 1 radical (unpaired) electrons. The van der Waals surface area contributed by atoms with Crippen LogP contribution < -0.4 is 34.3 Å². The molecule has 1 aliphatic rings. The van der Waals surface area contributed by atoms with E-state index in [-0.39, 0.29) is 52.1 Å². The number of allylic oxidation sites excluding steroid dienone is 3. The fourth-order valence-corrected chi connectivity index (χ4v) is 1.52. The Labute approximate surface area is 148 Å². The van der Waals surface area contributed by atoms with E-state index >= 15 is 0 Å². The molecule has 0 unspecified atom stereocenters. The van der Waals surface area contributed by atoms with Crippen molar-refractivity contribution in [2.45, 2.75) is 32.8 Å². The van der Waals surface area contributed by atoms with Gasteiger partial charge in [0.25, 0.3) is 0 Å². The van der Waals surface area contributed by atoms with Crippen molar-refractivity contribution in [3.63, 3.8) is 0 Å². The van der Waals surface area contributed by atoms with Gasteiger partial charge in [-0.25, -0.2) is 6.08 Å². The van der Waals surface area contributed by atoms with Gasteiger partial charge >= 0.3 is 21.7 Å². The molecular formula is C15H17Cl2O2Ti. The molecule has 0 spiro atoms. The molecule has 0 saturated carbocycles. The van der Waals surface area contributed by atoms with Gasteiger partial charge in [-0.15, -0.1) is 6.42 Å². The van der Waals surface area contributed by atoms with Crippen molar-refractivity contribution in [2.24, 2.45) is 0 Å². The molecule has 0 saturated heterocycles. The second kappa shape index (κ2) is 9.52. The van der Waals surface area contributed by atoms with Gasteiger partial charge in [0.1, 0.15) is 5.60 Å². The second-order valence-electron chi connectivity index (χ2n) is 4.91. The third kappa shape index (κ3) is 6.85. The van der Waals surface area contributed by atoms with Crippen LogP contribution in [-0.4, -0.2) is 5.60 Å². The second-order valence-corrected chi connectivity index (χ2v) is 4.91. The van der Waals surface area contributed by atoms with Crippen LogP contribution in [0.3, 0.4) is 0 Å². The number of hydrogen-bond acceptors (Lipinski definition) is 2. The van der Waals surface area contributed by atoms with Crippen LogP contribution in [0.15, 0.2) is 42.2 Å². The van der Waals surface area contributed by atoms with Gasteiger partial charge in [-0.2, -0.15) is 12.2 Å². The average Bonchev–Trinajstić information content (AvgIpc) is 2.71. The van der Waals surface area contributed by atoms with Crippen LogP contribution in [-0.2, 0) is 21.7 Å². The fraction of sp³-hybridized carbons (Fsp3) is 0.333. The number of benzene rings is 1. The molecule has 0 amide bonds. The van der Waals surface area contributed by atoms with Crippen LogP contribution in [0.4, 0.5) is 0 Å². The number of rotatable bonds is 3. The molecular weight excluding hydrogens is 331 g/mol.